The summed E-state index contributed by atoms with van der Waals surface area (Å²) in [6, 6.07) is 0. The molecule has 1 aromatic rings. The van der Waals surface area contributed by atoms with E-state index in [-0.39, 0.29) is 5.60 Å². The molecule has 2 nitrogen and oxygen atoms in total. The molecule has 0 fully saturated rings. The van der Waals surface area contributed by atoms with E-state index in [0.29, 0.717) is 10.6 Å². The van der Waals surface area contributed by atoms with Crippen LogP contribution in [0.2, 0.25) is 0 Å². The third kappa shape index (κ3) is 1.93. The topological polar surface area (TPSA) is 29.5 Å². The molecule has 1 aromatic carbocycles. The van der Waals surface area contributed by atoms with Gasteiger partial charge in [0.25, 0.3) is 0 Å². The Morgan fingerprint density at radius 2 is 1.83 bits per heavy atom. The average molecular weight is 313 g/mol. The monoisotopic (exact) mass is 312 g/mol. The highest BCUT2D eigenvalue weighted by Gasteiger charge is 2.37. The van der Waals surface area contributed by atoms with Gasteiger partial charge in [-0.1, -0.05) is 15.9 Å². The smallest absolute Gasteiger partial charge is 0.127 e. The molecule has 0 aromatic heterocycles. The Balaban J connectivity index is 2.57. The van der Waals surface area contributed by atoms with Crippen LogP contribution in [0, 0.1) is 20.8 Å². The van der Waals surface area contributed by atoms with Crippen LogP contribution in [0.3, 0.4) is 0 Å². The second-order valence-corrected chi connectivity index (χ2v) is 6.94. The number of rotatable bonds is 1. The molecule has 0 radical (unpaired) electrons. The molecule has 100 valence electrons. The predicted octanol–water partition coefficient (Wildman–Crippen LogP) is 4.18. The zero-order chi connectivity index (χ0) is 13.7. The van der Waals surface area contributed by atoms with E-state index < -0.39 is 0 Å². The number of alkyl halides is 1. The molecule has 2 unspecified atom stereocenters. The van der Waals surface area contributed by atoms with Crippen molar-refractivity contribution in [3.63, 3.8) is 0 Å². The van der Waals surface area contributed by atoms with Gasteiger partial charge in [0.15, 0.2) is 0 Å². The fraction of sp³-hybridized carbons (Fsp3) is 0.600. The predicted molar refractivity (Wildman–Crippen MR) is 78.1 cm³/mol. The van der Waals surface area contributed by atoms with Crippen LogP contribution in [0.25, 0.3) is 0 Å². The van der Waals surface area contributed by atoms with Gasteiger partial charge in [0.05, 0.1) is 4.83 Å². The van der Waals surface area contributed by atoms with Crippen LogP contribution >= 0.6 is 15.9 Å². The van der Waals surface area contributed by atoms with Crippen molar-refractivity contribution in [3.8, 4) is 11.5 Å². The molecule has 0 saturated carbocycles. The highest BCUT2D eigenvalue weighted by Crippen LogP contribution is 2.44. The number of ether oxygens (including phenoxy) is 1. The first-order chi connectivity index (χ1) is 8.28. The SMILES string of the molecule is Cc1c(C)c2c(c(C)c1O)CCC(C)(C(C)Br)O2. The molecule has 2 rings (SSSR count). The molecule has 1 aliphatic heterocycles. The van der Waals surface area contributed by atoms with Crippen molar-refractivity contribution in [2.45, 2.75) is 57.9 Å². The number of benzene rings is 1. The summed E-state index contributed by atoms with van der Waals surface area (Å²) >= 11 is 3.65. The van der Waals surface area contributed by atoms with E-state index in [4.69, 9.17) is 4.74 Å². The number of halogens is 1. The molecule has 3 heteroatoms. The normalized spacial score (nSPS) is 24.3. The van der Waals surface area contributed by atoms with Gasteiger partial charge in [0, 0.05) is 5.56 Å². The van der Waals surface area contributed by atoms with E-state index in [0.717, 1.165) is 35.3 Å². The maximum absolute atomic E-state index is 10.1. The molecule has 1 N–H and O–H groups in total. The van der Waals surface area contributed by atoms with E-state index in [1.165, 1.54) is 5.56 Å². The number of hydrogen-bond acceptors (Lipinski definition) is 2. The summed E-state index contributed by atoms with van der Waals surface area (Å²) in [5.41, 5.74) is 3.96. The molecule has 0 spiro atoms. The van der Waals surface area contributed by atoms with Gasteiger partial charge in [-0.2, -0.15) is 0 Å². The van der Waals surface area contributed by atoms with Gasteiger partial charge < -0.3 is 9.84 Å². The van der Waals surface area contributed by atoms with Crippen molar-refractivity contribution in [3.05, 3.63) is 22.3 Å². The Labute approximate surface area is 117 Å². The van der Waals surface area contributed by atoms with Gasteiger partial charge in [-0.15, -0.1) is 0 Å². The van der Waals surface area contributed by atoms with E-state index in [9.17, 15) is 5.11 Å². The van der Waals surface area contributed by atoms with Crippen molar-refractivity contribution >= 4 is 15.9 Å². The quantitative estimate of drug-likeness (QED) is 0.788. The largest absolute Gasteiger partial charge is 0.507 e. The Morgan fingerprint density at radius 1 is 1.22 bits per heavy atom. The van der Waals surface area contributed by atoms with Gasteiger partial charge in [-0.3, -0.25) is 0 Å². The third-order valence-electron chi connectivity index (χ3n) is 4.39. The standard InChI is InChI=1S/C15H21BrO2/c1-8-9(2)14-12(10(3)13(8)17)6-7-15(5,18-14)11(4)16/h11,17H,6-7H2,1-5H3. The van der Waals surface area contributed by atoms with Gasteiger partial charge in [0.1, 0.15) is 17.1 Å². The van der Waals surface area contributed by atoms with Crippen LogP contribution in [0.1, 0.15) is 42.5 Å². The summed E-state index contributed by atoms with van der Waals surface area (Å²) in [4.78, 5) is 0.298. The first kappa shape index (κ1) is 13.7. The number of hydrogen-bond donors (Lipinski definition) is 1. The molecule has 0 aliphatic carbocycles. The van der Waals surface area contributed by atoms with Crippen LogP contribution in [-0.4, -0.2) is 15.5 Å². The molecule has 0 bridgehead atoms. The maximum atomic E-state index is 10.1. The van der Waals surface area contributed by atoms with Gasteiger partial charge in [-0.05, 0) is 64.2 Å². The van der Waals surface area contributed by atoms with Gasteiger partial charge in [0.2, 0.25) is 0 Å². The van der Waals surface area contributed by atoms with Crippen LogP contribution in [0.15, 0.2) is 0 Å². The first-order valence-electron chi connectivity index (χ1n) is 6.42. The van der Waals surface area contributed by atoms with Crippen molar-refractivity contribution in [1.29, 1.82) is 0 Å². The number of fused-ring (bicyclic) bond motifs is 1. The van der Waals surface area contributed by atoms with Crippen molar-refractivity contribution in [2.24, 2.45) is 0 Å². The van der Waals surface area contributed by atoms with Crippen molar-refractivity contribution in [1.82, 2.24) is 0 Å². The van der Waals surface area contributed by atoms with Crippen LogP contribution in [0.5, 0.6) is 11.5 Å². The summed E-state index contributed by atoms with van der Waals surface area (Å²) in [7, 11) is 0. The van der Waals surface area contributed by atoms with Gasteiger partial charge >= 0.3 is 0 Å². The molecule has 2 atom stereocenters. The van der Waals surface area contributed by atoms with E-state index in [1.807, 2.05) is 20.8 Å². The van der Waals surface area contributed by atoms with Crippen LogP contribution in [0.4, 0.5) is 0 Å². The minimum absolute atomic E-state index is 0.173. The second kappa shape index (κ2) is 4.44. The Morgan fingerprint density at radius 3 is 2.39 bits per heavy atom. The molecule has 1 heterocycles. The summed E-state index contributed by atoms with van der Waals surface area (Å²) < 4.78 is 6.27. The zero-order valence-electron chi connectivity index (χ0n) is 11.7. The molecular weight excluding hydrogens is 292 g/mol. The van der Waals surface area contributed by atoms with E-state index in [2.05, 4.69) is 29.8 Å². The lowest BCUT2D eigenvalue weighted by Crippen LogP contribution is -2.43. The third-order valence-corrected chi connectivity index (χ3v) is 5.36. The van der Waals surface area contributed by atoms with Crippen molar-refractivity contribution in [2.75, 3.05) is 0 Å². The highest BCUT2D eigenvalue weighted by molar-refractivity contribution is 9.09. The van der Waals surface area contributed by atoms with Gasteiger partial charge in [-0.25, -0.2) is 0 Å². The molecule has 1 aliphatic rings. The van der Waals surface area contributed by atoms with E-state index in [1.54, 1.807) is 0 Å². The first-order valence-corrected chi connectivity index (χ1v) is 7.34. The number of aromatic hydroxyl groups is 1. The summed E-state index contributed by atoms with van der Waals surface area (Å²) in [5, 5.41) is 10.1. The summed E-state index contributed by atoms with van der Waals surface area (Å²) in [5.74, 6) is 1.40. The lowest BCUT2D eigenvalue weighted by atomic mass is 9.86. The molecule has 0 saturated heterocycles. The second-order valence-electron chi connectivity index (χ2n) is 5.56. The minimum atomic E-state index is -0.173. The average Bonchev–Trinajstić information content (AvgIpc) is 2.33. The fourth-order valence-electron chi connectivity index (χ4n) is 2.55. The molecule has 18 heavy (non-hydrogen) atoms. The Hall–Kier alpha value is -0.700. The highest BCUT2D eigenvalue weighted by atomic mass is 79.9. The lowest BCUT2D eigenvalue weighted by molar-refractivity contribution is 0.0672. The Kier molecular flexibility index (Phi) is 3.39. The summed E-state index contributed by atoms with van der Waals surface area (Å²) in [6.07, 6.45) is 1.93. The number of phenols is 1. The minimum Gasteiger partial charge on any atom is -0.507 e. The Bertz CT molecular complexity index is 494. The maximum Gasteiger partial charge on any atom is 0.127 e. The molecular formula is C15H21BrO2. The van der Waals surface area contributed by atoms with Crippen molar-refractivity contribution < 1.29 is 9.84 Å². The fourth-order valence-corrected chi connectivity index (χ4v) is 2.87. The van der Waals surface area contributed by atoms with Crippen LogP contribution in [-0.2, 0) is 6.42 Å². The number of phenolic OH excluding ortho intramolecular Hbond substituents is 1. The van der Waals surface area contributed by atoms with Crippen LogP contribution < -0.4 is 4.74 Å². The zero-order valence-corrected chi connectivity index (χ0v) is 13.3. The van der Waals surface area contributed by atoms with E-state index >= 15 is 0 Å². The summed E-state index contributed by atoms with van der Waals surface area (Å²) in [6.45, 7) is 10.2. The molecule has 0 amide bonds. The lowest BCUT2D eigenvalue weighted by Gasteiger charge is -2.39.